The molecule has 2 atom stereocenters. The topological polar surface area (TPSA) is 124 Å². The van der Waals surface area contributed by atoms with Gasteiger partial charge < -0.3 is 20.4 Å². The van der Waals surface area contributed by atoms with Gasteiger partial charge in [-0.05, 0) is 6.92 Å². The maximum atomic E-state index is 11.9. The van der Waals surface area contributed by atoms with Crippen molar-refractivity contribution in [2.24, 2.45) is 0 Å². The number of urea groups is 1. The maximum absolute atomic E-state index is 11.9. The van der Waals surface area contributed by atoms with E-state index in [0.29, 0.717) is 0 Å². The van der Waals surface area contributed by atoms with Crippen molar-refractivity contribution in [3.63, 3.8) is 0 Å². The van der Waals surface area contributed by atoms with Crippen LogP contribution >= 0.6 is 0 Å². The fourth-order valence-corrected chi connectivity index (χ4v) is 3.48. The molecule has 2 amide bonds. The molecule has 0 aliphatic carbocycles. The number of aliphatic hydroxyl groups excluding tert-OH is 1. The molecule has 0 aromatic carbocycles. The van der Waals surface area contributed by atoms with Gasteiger partial charge in [-0.1, -0.05) is 0 Å². The zero-order valence-electron chi connectivity index (χ0n) is 10.6. The first-order chi connectivity index (χ1) is 8.76. The fraction of sp³-hybridized carbons (Fsp3) is 0.800. The van der Waals surface area contributed by atoms with Crippen molar-refractivity contribution >= 4 is 21.8 Å². The Morgan fingerprint density at radius 2 is 2.11 bits per heavy atom. The molecule has 0 bridgehead atoms. The summed E-state index contributed by atoms with van der Waals surface area (Å²) in [7, 11) is -3.13. The monoisotopic (exact) mass is 294 g/mol. The van der Waals surface area contributed by atoms with Crippen LogP contribution in [0.4, 0.5) is 4.79 Å². The van der Waals surface area contributed by atoms with Crippen LogP contribution in [0.1, 0.15) is 13.3 Å². The van der Waals surface area contributed by atoms with Crippen LogP contribution in [-0.4, -0.2) is 72.3 Å². The van der Waals surface area contributed by atoms with E-state index in [4.69, 9.17) is 10.2 Å². The summed E-state index contributed by atoms with van der Waals surface area (Å²) in [5, 5.41) is 19.9. The third-order valence-electron chi connectivity index (χ3n) is 2.94. The van der Waals surface area contributed by atoms with Crippen molar-refractivity contribution < 1.29 is 28.2 Å². The zero-order valence-corrected chi connectivity index (χ0v) is 11.4. The van der Waals surface area contributed by atoms with E-state index >= 15 is 0 Å². The second-order valence-corrected chi connectivity index (χ2v) is 6.74. The normalized spacial score (nSPS) is 23.7. The van der Waals surface area contributed by atoms with Crippen LogP contribution in [0, 0.1) is 0 Å². The molecule has 0 saturated carbocycles. The number of amides is 2. The van der Waals surface area contributed by atoms with Crippen molar-refractivity contribution in [2.75, 3.05) is 24.7 Å². The summed E-state index contributed by atoms with van der Waals surface area (Å²) in [5.41, 5.74) is 0. The van der Waals surface area contributed by atoms with E-state index in [9.17, 15) is 18.0 Å². The van der Waals surface area contributed by atoms with Crippen molar-refractivity contribution in [2.45, 2.75) is 25.4 Å². The largest absolute Gasteiger partial charge is 0.480 e. The molecule has 0 spiro atoms. The summed E-state index contributed by atoms with van der Waals surface area (Å²) in [5.74, 6) is -1.49. The van der Waals surface area contributed by atoms with E-state index in [-0.39, 0.29) is 31.1 Å². The molecule has 0 aromatic heterocycles. The second-order valence-electron chi connectivity index (χ2n) is 4.51. The quantitative estimate of drug-likeness (QED) is 0.589. The molecule has 0 aromatic rings. The van der Waals surface area contributed by atoms with Gasteiger partial charge in [0.15, 0.2) is 9.84 Å². The summed E-state index contributed by atoms with van der Waals surface area (Å²) >= 11 is 0. The first-order valence-electron chi connectivity index (χ1n) is 5.88. The lowest BCUT2D eigenvalue weighted by molar-refractivity contribution is -0.139. The number of sulfone groups is 1. The Morgan fingerprint density at radius 3 is 2.58 bits per heavy atom. The summed E-state index contributed by atoms with van der Waals surface area (Å²) in [6.45, 7) is 1.28. The second kappa shape index (κ2) is 6.20. The van der Waals surface area contributed by atoms with Crippen molar-refractivity contribution in [1.29, 1.82) is 0 Å². The molecule has 19 heavy (non-hydrogen) atoms. The Balaban J connectivity index is 2.65. The van der Waals surface area contributed by atoms with Gasteiger partial charge in [0.2, 0.25) is 0 Å². The maximum Gasteiger partial charge on any atom is 0.326 e. The number of nitrogens with zero attached hydrogens (tertiary/aromatic N) is 1. The van der Waals surface area contributed by atoms with Crippen LogP contribution in [0.15, 0.2) is 0 Å². The first kappa shape index (κ1) is 15.7. The minimum Gasteiger partial charge on any atom is -0.480 e. The highest BCUT2D eigenvalue weighted by atomic mass is 32.2. The third-order valence-corrected chi connectivity index (χ3v) is 4.74. The van der Waals surface area contributed by atoms with E-state index < -0.39 is 33.9 Å². The van der Waals surface area contributed by atoms with Gasteiger partial charge in [0.1, 0.15) is 6.04 Å². The van der Waals surface area contributed by atoms with Crippen LogP contribution in [0.3, 0.4) is 0 Å². The molecule has 8 nitrogen and oxygen atoms in total. The zero-order chi connectivity index (χ0) is 14.6. The average Bonchev–Trinajstić information content (AvgIpc) is 2.26. The standard InChI is InChI=1S/C10H18N2O6S/c1-7-6-19(17,18)5-3-12(7)10(16)11-8(2-4-13)9(14)15/h7-8,13H,2-6H2,1H3,(H,11,16)(H,14,15)/t7?,8-/m0/s1. The van der Waals surface area contributed by atoms with Gasteiger partial charge in [-0.15, -0.1) is 0 Å². The van der Waals surface area contributed by atoms with Crippen molar-refractivity contribution in [1.82, 2.24) is 10.2 Å². The number of carbonyl (C=O) groups excluding carboxylic acids is 1. The van der Waals surface area contributed by atoms with E-state index in [1.54, 1.807) is 6.92 Å². The van der Waals surface area contributed by atoms with Crippen molar-refractivity contribution in [3.05, 3.63) is 0 Å². The number of aliphatic carboxylic acids is 1. The van der Waals surface area contributed by atoms with Crippen LogP contribution < -0.4 is 5.32 Å². The van der Waals surface area contributed by atoms with Gasteiger partial charge in [0, 0.05) is 25.6 Å². The van der Waals surface area contributed by atoms with E-state index in [1.165, 1.54) is 4.90 Å². The Kier molecular flexibility index (Phi) is 5.12. The molecule has 1 saturated heterocycles. The molecule has 3 N–H and O–H groups in total. The molecule has 1 heterocycles. The summed E-state index contributed by atoms with van der Waals surface area (Å²) in [6, 6.07) is -2.30. The van der Waals surface area contributed by atoms with Crippen LogP contribution in [0.2, 0.25) is 0 Å². The molecular weight excluding hydrogens is 276 g/mol. The summed E-state index contributed by atoms with van der Waals surface area (Å²) < 4.78 is 22.8. The van der Waals surface area contributed by atoms with Crippen LogP contribution in [0.25, 0.3) is 0 Å². The SMILES string of the molecule is CC1CS(=O)(=O)CCN1C(=O)N[C@@H](CCO)C(=O)O. The fourth-order valence-electron chi connectivity index (χ4n) is 1.92. The number of hydrogen-bond donors (Lipinski definition) is 3. The Morgan fingerprint density at radius 1 is 1.47 bits per heavy atom. The highest BCUT2D eigenvalue weighted by Crippen LogP contribution is 2.11. The minimum absolute atomic E-state index is 0.0425. The van der Waals surface area contributed by atoms with Crippen LogP contribution in [-0.2, 0) is 14.6 Å². The average molecular weight is 294 g/mol. The molecule has 1 fully saturated rings. The molecule has 1 unspecified atom stereocenters. The molecule has 0 radical (unpaired) electrons. The number of aliphatic hydroxyl groups is 1. The number of carbonyl (C=O) groups is 2. The third kappa shape index (κ3) is 4.35. The minimum atomic E-state index is -3.13. The number of hydrogen-bond acceptors (Lipinski definition) is 5. The highest BCUT2D eigenvalue weighted by Gasteiger charge is 2.32. The van der Waals surface area contributed by atoms with Gasteiger partial charge in [-0.3, -0.25) is 0 Å². The molecular formula is C10H18N2O6S. The predicted molar refractivity (Wildman–Crippen MR) is 66.5 cm³/mol. The number of carboxylic acid groups (broad SMARTS) is 1. The Bertz CT molecular complexity index is 449. The number of rotatable bonds is 4. The first-order valence-corrected chi connectivity index (χ1v) is 7.70. The highest BCUT2D eigenvalue weighted by molar-refractivity contribution is 7.91. The lowest BCUT2D eigenvalue weighted by Crippen LogP contribution is -2.56. The Labute approximate surface area is 111 Å². The molecule has 9 heteroatoms. The number of nitrogens with one attached hydrogen (secondary N) is 1. The van der Waals surface area contributed by atoms with Gasteiger partial charge in [-0.2, -0.15) is 0 Å². The van der Waals surface area contributed by atoms with Crippen molar-refractivity contribution in [3.8, 4) is 0 Å². The van der Waals surface area contributed by atoms with Gasteiger partial charge in [0.05, 0.1) is 11.5 Å². The predicted octanol–water partition coefficient (Wildman–Crippen LogP) is -1.35. The van der Waals surface area contributed by atoms with Gasteiger partial charge in [-0.25, -0.2) is 18.0 Å². The van der Waals surface area contributed by atoms with E-state index in [2.05, 4.69) is 5.32 Å². The lowest BCUT2D eigenvalue weighted by Gasteiger charge is -2.33. The summed E-state index contributed by atoms with van der Waals surface area (Å²) in [6.07, 6.45) is -0.0956. The number of carboxylic acids is 1. The molecule has 110 valence electrons. The van der Waals surface area contributed by atoms with E-state index in [0.717, 1.165) is 0 Å². The molecule has 1 aliphatic rings. The Hall–Kier alpha value is -1.35. The van der Waals surface area contributed by atoms with E-state index in [1.807, 2.05) is 0 Å². The van der Waals surface area contributed by atoms with Gasteiger partial charge >= 0.3 is 12.0 Å². The molecule has 1 rings (SSSR count). The summed E-state index contributed by atoms with van der Waals surface area (Å²) in [4.78, 5) is 24.0. The molecule has 1 aliphatic heterocycles. The van der Waals surface area contributed by atoms with Gasteiger partial charge in [0.25, 0.3) is 0 Å². The smallest absolute Gasteiger partial charge is 0.326 e. The van der Waals surface area contributed by atoms with Crippen LogP contribution in [0.5, 0.6) is 0 Å². The lowest BCUT2D eigenvalue weighted by atomic mass is 10.2.